The molecule has 1 aliphatic rings. The molecule has 1 aromatic rings. The van der Waals surface area contributed by atoms with Gasteiger partial charge in [-0.05, 0) is 18.6 Å². The van der Waals surface area contributed by atoms with Crippen LogP contribution in [-0.4, -0.2) is 38.3 Å². The number of nitrogens with one attached hydrogen (secondary N) is 1. The maximum atomic E-state index is 12.3. The molecule has 96 valence electrons. The van der Waals surface area contributed by atoms with E-state index in [2.05, 4.69) is 5.32 Å². The van der Waals surface area contributed by atoms with Gasteiger partial charge in [0, 0.05) is 13.1 Å². The molecule has 0 bridgehead atoms. The number of sulfonamides is 1. The molecule has 1 saturated heterocycles. The van der Waals surface area contributed by atoms with E-state index in [1.807, 2.05) is 6.07 Å². The van der Waals surface area contributed by atoms with Crippen LogP contribution in [0.25, 0.3) is 0 Å². The Hall–Kier alpha value is -1.43. The van der Waals surface area contributed by atoms with Gasteiger partial charge in [0.2, 0.25) is 5.91 Å². The lowest BCUT2D eigenvalue weighted by atomic mass is 10.4. The van der Waals surface area contributed by atoms with Crippen LogP contribution in [-0.2, 0) is 14.8 Å². The Labute approximate surface area is 109 Å². The van der Waals surface area contributed by atoms with Gasteiger partial charge in [-0.3, -0.25) is 4.79 Å². The van der Waals surface area contributed by atoms with E-state index in [1.54, 1.807) is 0 Å². The van der Waals surface area contributed by atoms with Crippen LogP contribution in [0.2, 0.25) is 0 Å². The number of amides is 1. The van der Waals surface area contributed by atoms with Gasteiger partial charge in [-0.2, -0.15) is 9.57 Å². The van der Waals surface area contributed by atoms with Gasteiger partial charge in [0.15, 0.2) is 0 Å². The van der Waals surface area contributed by atoms with Gasteiger partial charge in [-0.25, -0.2) is 8.42 Å². The first-order chi connectivity index (χ1) is 8.54. The SMILES string of the molecule is N#Cc1ccc(S(=O)(=O)N2CCCNC(=O)C2)s1. The molecule has 1 amide bonds. The van der Waals surface area contributed by atoms with Gasteiger partial charge in [0.05, 0.1) is 6.54 Å². The second kappa shape index (κ2) is 5.06. The zero-order valence-corrected chi connectivity index (χ0v) is 11.1. The minimum absolute atomic E-state index is 0.105. The highest BCUT2D eigenvalue weighted by atomic mass is 32.2. The normalized spacial score (nSPS) is 17.8. The highest BCUT2D eigenvalue weighted by Crippen LogP contribution is 2.24. The molecule has 0 atom stereocenters. The van der Waals surface area contributed by atoms with Crippen LogP contribution in [0.5, 0.6) is 0 Å². The van der Waals surface area contributed by atoms with Gasteiger partial charge in [-0.1, -0.05) is 0 Å². The quantitative estimate of drug-likeness (QED) is 0.836. The molecule has 0 aromatic carbocycles. The Morgan fingerprint density at radius 1 is 1.44 bits per heavy atom. The molecule has 0 unspecified atom stereocenters. The van der Waals surface area contributed by atoms with Crippen LogP contribution in [0.1, 0.15) is 11.3 Å². The van der Waals surface area contributed by atoms with Crippen molar-refractivity contribution in [1.82, 2.24) is 9.62 Å². The Morgan fingerprint density at radius 2 is 2.22 bits per heavy atom. The molecule has 1 N–H and O–H groups in total. The van der Waals surface area contributed by atoms with E-state index >= 15 is 0 Å². The van der Waals surface area contributed by atoms with E-state index in [1.165, 1.54) is 12.1 Å². The highest BCUT2D eigenvalue weighted by molar-refractivity contribution is 7.91. The predicted octanol–water partition coefficient (Wildman–Crippen LogP) is 0.130. The Bertz CT molecular complexity index is 600. The molecule has 1 fully saturated rings. The second-order valence-electron chi connectivity index (χ2n) is 3.77. The van der Waals surface area contributed by atoms with Crippen molar-refractivity contribution < 1.29 is 13.2 Å². The van der Waals surface area contributed by atoms with Gasteiger partial charge in [0.25, 0.3) is 10.0 Å². The maximum Gasteiger partial charge on any atom is 0.253 e. The summed E-state index contributed by atoms with van der Waals surface area (Å²) in [5.41, 5.74) is 0. The molecule has 1 aliphatic heterocycles. The molecular weight excluding hydrogens is 274 g/mol. The zero-order valence-electron chi connectivity index (χ0n) is 9.42. The van der Waals surface area contributed by atoms with Crippen LogP contribution >= 0.6 is 11.3 Å². The molecule has 0 saturated carbocycles. The van der Waals surface area contributed by atoms with Crippen molar-refractivity contribution in [2.75, 3.05) is 19.6 Å². The molecule has 2 rings (SSSR count). The van der Waals surface area contributed by atoms with Gasteiger partial charge in [-0.15, -0.1) is 11.3 Å². The molecule has 8 heteroatoms. The summed E-state index contributed by atoms with van der Waals surface area (Å²) in [6.07, 6.45) is 0.585. The van der Waals surface area contributed by atoms with E-state index in [0.29, 0.717) is 24.4 Å². The van der Waals surface area contributed by atoms with Gasteiger partial charge in [0.1, 0.15) is 15.2 Å². The third-order valence-corrected chi connectivity index (χ3v) is 5.81. The highest BCUT2D eigenvalue weighted by Gasteiger charge is 2.29. The lowest BCUT2D eigenvalue weighted by Crippen LogP contribution is -2.37. The second-order valence-corrected chi connectivity index (χ2v) is 7.02. The number of nitriles is 1. The molecule has 0 aliphatic carbocycles. The number of hydrogen-bond acceptors (Lipinski definition) is 5. The summed E-state index contributed by atoms with van der Waals surface area (Å²) >= 11 is 0.919. The van der Waals surface area contributed by atoms with Crippen molar-refractivity contribution in [3.05, 3.63) is 17.0 Å². The van der Waals surface area contributed by atoms with Crippen LogP contribution in [0.4, 0.5) is 0 Å². The fourth-order valence-corrected chi connectivity index (χ4v) is 4.32. The molecule has 6 nitrogen and oxygen atoms in total. The standard InChI is InChI=1S/C10H11N3O3S2/c11-6-8-2-3-10(17-8)18(15,16)13-5-1-4-12-9(14)7-13/h2-3H,1,4-5,7H2,(H,12,14). The fourth-order valence-electron chi connectivity index (χ4n) is 1.63. The number of thiophene rings is 1. The Morgan fingerprint density at radius 3 is 2.89 bits per heavy atom. The largest absolute Gasteiger partial charge is 0.355 e. The monoisotopic (exact) mass is 285 g/mol. The number of carbonyl (C=O) groups excluding carboxylic acids is 1. The summed E-state index contributed by atoms with van der Waals surface area (Å²) in [6.45, 7) is 0.627. The summed E-state index contributed by atoms with van der Waals surface area (Å²) in [6, 6.07) is 4.77. The van der Waals surface area contributed by atoms with Gasteiger partial charge >= 0.3 is 0 Å². The maximum absolute atomic E-state index is 12.3. The van der Waals surface area contributed by atoms with E-state index in [-0.39, 0.29) is 16.7 Å². The first kappa shape index (κ1) is 13.0. The van der Waals surface area contributed by atoms with Crippen molar-refractivity contribution in [3.63, 3.8) is 0 Å². The first-order valence-electron chi connectivity index (χ1n) is 5.31. The summed E-state index contributed by atoms with van der Waals surface area (Å²) < 4.78 is 25.8. The van der Waals surface area contributed by atoms with E-state index in [0.717, 1.165) is 15.6 Å². The average Bonchev–Trinajstić information content (AvgIpc) is 2.72. The number of carbonyl (C=O) groups is 1. The van der Waals surface area contributed by atoms with Crippen molar-refractivity contribution in [2.45, 2.75) is 10.6 Å². The predicted molar refractivity (Wildman–Crippen MR) is 65.4 cm³/mol. The average molecular weight is 285 g/mol. The minimum atomic E-state index is -3.67. The molecule has 0 spiro atoms. The first-order valence-corrected chi connectivity index (χ1v) is 7.56. The Balaban J connectivity index is 2.30. The smallest absolute Gasteiger partial charge is 0.253 e. The van der Waals surface area contributed by atoms with Crippen molar-refractivity contribution in [3.8, 4) is 6.07 Å². The molecule has 18 heavy (non-hydrogen) atoms. The minimum Gasteiger partial charge on any atom is -0.355 e. The van der Waals surface area contributed by atoms with Crippen molar-refractivity contribution >= 4 is 27.3 Å². The third-order valence-electron chi connectivity index (χ3n) is 2.51. The summed E-state index contributed by atoms with van der Waals surface area (Å²) in [5.74, 6) is -0.298. The molecular formula is C10H11N3O3S2. The van der Waals surface area contributed by atoms with Crippen LogP contribution in [0.15, 0.2) is 16.3 Å². The fraction of sp³-hybridized carbons (Fsp3) is 0.400. The number of nitrogens with zero attached hydrogens (tertiary/aromatic N) is 2. The molecule has 1 aromatic heterocycles. The number of rotatable bonds is 2. The van der Waals surface area contributed by atoms with E-state index < -0.39 is 10.0 Å². The Kier molecular flexibility index (Phi) is 3.65. The van der Waals surface area contributed by atoms with Crippen molar-refractivity contribution in [2.24, 2.45) is 0 Å². The van der Waals surface area contributed by atoms with E-state index in [9.17, 15) is 13.2 Å². The lowest BCUT2D eigenvalue weighted by molar-refractivity contribution is -0.120. The molecule has 2 heterocycles. The topological polar surface area (TPSA) is 90.3 Å². The summed E-state index contributed by atoms with van der Waals surface area (Å²) in [5, 5.41) is 11.3. The third kappa shape index (κ3) is 2.53. The van der Waals surface area contributed by atoms with Crippen LogP contribution < -0.4 is 5.32 Å². The summed E-state index contributed by atoms with van der Waals surface area (Å²) in [4.78, 5) is 11.7. The summed E-state index contributed by atoms with van der Waals surface area (Å²) in [7, 11) is -3.67. The lowest BCUT2D eigenvalue weighted by Gasteiger charge is -2.17. The van der Waals surface area contributed by atoms with Crippen LogP contribution in [0, 0.1) is 11.3 Å². The van der Waals surface area contributed by atoms with Gasteiger partial charge < -0.3 is 5.32 Å². The van der Waals surface area contributed by atoms with E-state index in [4.69, 9.17) is 5.26 Å². The number of hydrogen-bond donors (Lipinski definition) is 1. The molecule has 0 radical (unpaired) electrons. The van der Waals surface area contributed by atoms with Crippen molar-refractivity contribution in [1.29, 1.82) is 5.26 Å². The zero-order chi connectivity index (χ0) is 13.2. The van der Waals surface area contributed by atoms with Crippen LogP contribution in [0.3, 0.4) is 0 Å².